The summed E-state index contributed by atoms with van der Waals surface area (Å²) in [6.07, 6.45) is 0. The number of esters is 1. The van der Waals surface area contributed by atoms with Crippen molar-refractivity contribution in [3.05, 3.63) is 59.7 Å². The molecule has 2 aromatic carbocycles. The van der Waals surface area contributed by atoms with E-state index in [1.807, 2.05) is 43.4 Å². The molecule has 2 aliphatic heterocycles. The summed E-state index contributed by atoms with van der Waals surface area (Å²) in [5.74, 6) is -0.294. The van der Waals surface area contributed by atoms with E-state index >= 15 is 0 Å². The lowest BCUT2D eigenvalue weighted by Crippen LogP contribution is -2.70. The van der Waals surface area contributed by atoms with E-state index < -0.39 is 17.4 Å². The van der Waals surface area contributed by atoms with E-state index in [9.17, 15) is 9.59 Å². The highest BCUT2D eigenvalue weighted by atomic mass is 16.5. The first-order valence-electron chi connectivity index (χ1n) is 8.90. The van der Waals surface area contributed by atoms with Crippen LogP contribution in [0.5, 0.6) is 5.75 Å². The number of ether oxygens (including phenoxy) is 2. The Kier molecular flexibility index (Phi) is 4.06. The molecule has 6 nitrogen and oxygen atoms in total. The van der Waals surface area contributed by atoms with Crippen molar-refractivity contribution >= 4 is 17.6 Å². The predicted octanol–water partition coefficient (Wildman–Crippen LogP) is 2.14. The molecule has 0 unspecified atom stereocenters. The number of benzene rings is 2. The summed E-state index contributed by atoms with van der Waals surface area (Å²) in [6, 6.07) is 14.6. The van der Waals surface area contributed by atoms with Crippen LogP contribution in [0.15, 0.2) is 48.5 Å². The lowest BCUT2D eigenvalue weighted by atomic mass is 9.63. The topological polar surface area (TPSA) is 59.1 Å². The maximum atomic E-state index is 13.4. The number of fused-ring (bicyclic) bond motifs is 3. The Bertz CT molecular complexity index is 913. The van der Waals surface area contributed by atoms with Gasteiger partial charge in [-0.1, -0.05) is 36.4 Å². The van der Waals surface area contributed by atoms with Crippen LogP contribution in [-0.4, -0.2) is 51.1 Å². The van der Waals surface area contributed by atoms with Crippen molar-refractivity contribution in [3.63, 3.8) is 0 Å². The maximum Gasteiger partial charge on any atom is 0.328 e. The minimum absolute atomic E-state index is 0.242. The first kappa shape index (κ1) is 17.4. The molecule has 1 fully saturated rings. The summed E-state index contributed by atoms with van der Waals surface area (Å²) in [5.41, 5.74) is 1.06. The van der Waals surface area contributed by atoms with Crippen molar-refractivity contribution in [1.29, 1.82) is 0 Å². The molecule has 140 valence electrons. The lowest BCUT2D eigenvalue weighted by molar-refractivity contribution is -0.177. The monoisotopic (exact) mass is 366 g/mol. The van der Waals surface area contributed by atoms with Crippen LogP contribution in [0.2, 0.25) is 0 Å². The number of carbonyl (C=O) groups excluding carboxylic acids is 2. The van der Waals surface area contributed by atoms with E-state index in [1.54, 1.807) is 24.1 Å². The fourth-order valence-corrected chi connectivity index (χ4v) is 4.41. The van der Waals surface area contributed by atoms with Crippen molar-refractivity contribution in [3.8, 4) is 5.75 Å². The van der Waals surface area contributed by atoms with Gasteiger partial charge in [0.05, 0.1) is 20.3 Å². The Hall–Kier alpha value is -3.02. The van der Waals surface area contributed by atoms with Gasteiger partial charge in [-0.2, -0.15) is 0 Å². The van der Waals surface area contributed by atoms with Crippen LogP contribution in [0, 0.1) is 0 Å². The van der Waals surface area contributed by atoms with Gasteiger partial charge in [0.1, 0.15) is 5.75 Å². The zero-order valence-corrected chi connectivity index (χ0v) is 15.6. The van der Waals surface area contributed by atoms with Gasteiger partial charge < -0.3 is 19.3 Å². The minimum Gasteiger partial charge on any atom is -0.496 e. The van der Waals surface area contributed by atoms with Gasteiger partial charge in [-0.3, -0.25) is 9.59 Å². The summed E-state index contributed by atoms with van der Waals surface area (Å²) in [6.45, 7) is 1.24. The number of para-hydroxylation sites is 2. The molecule has 1 saturated heterocycles. The predicted molar refractivity (Wildman–Crippen MR) is 101 cm³/mol. The Labute approximate surface area is 158 Å². The summed E-state index contributed by atoms with van der Waals surface area (Å²) in [5, 5.41) is 0. The second kappa shape index (κ2) is 6.30. The highest BCUT2D eigenvalue weighted by molar-refractivity contribution is 6.15. The van der Waals surface area contributed by atoms with Gasteiger partial charge in [0.25, 0.3) is 0 Å². The van der Waals surface area contributed by atoms with Gasteiger partial charge >= 0.3 is 5.97 Å². The third-order valence-electron chi connectivity index (χ3n) is 5.68. The molecular weight excluding hydrogens is 344 g/mol. The Balaban J connectivity index is 2.00. The molecular formula is C21H22N2O4. The molecule has 27 heavy (non-hydrogen) atoms. The zero-order chi connectivity index (χ0) is 19.2. The highest BCUT2D eigenvalue weighted by Crippen LogP contribution is 2.56. The van der Waals surface area contributed by atoms with E-state index in [1.165, 1.54) is 7.11 Å². The van der Waals surface area contributed by atoms with Gasteiger partial charge in [-0.05, 0) is 12.1 Å². The number of rotatable bonds is 3. The van der Waals surface area contributed by atoms with Crippen LogP contribution in [0.3, 0.4) is 0 Å². The standard InChI is InChI=1S/C21H22N2O4/c1-22-12-13-23-18(14-8-4-6-10-16(14)22)21(19(23)24,20(25)27-3)15-9-5-7-11-17(15)26-2/h4-11,18H,12-13H2,1-3H3/t18-,21+/m1/s1. The Morgan fingerprint density at radius 2 is 1.78 bits per heavy atom. The van der Waals surface area contributed by atoms with Crippen molar-refractivity contribution < 1.29 is 19.1 Å². The third kappa shape index (κ3) is 2.19. The number of methoxy groups -OCH3 is 2. The number of nitrogens with zero attached hydrogens (tertiary/aromatic N) is 2. The summed E-state index contributed by atoms with van der Waals surface area (Å²) in [7, 11) is 4.86. The SMILES string of the molecule is COC(=O)[C@]1(c2ccccc2OC)C(=O)N2CCN(C)c3ccccc3[C@@H]21. The van der Waals surface area contributed by atoms with Crippen LogP contribution >= 0.6 is 0 Å². The van der Waals surface area contributed by atoms with Crippen LogP contribution < -0.4 is 9.64 Å². The largest absolute Gasteiger partial charge is 0.496 e. The average molecular weight is 366 g/mol. The van der Waals surface area contributed by atoms with Gasteiger partial charge in [0.15, 0.2) is 5.41 Å². The van der Waals surface area contributed by atoms with Crippen LogP contribution in [-0.2, 0) is 19.7 Å². The van der Waals surface area contributed by atoms with E-state index in [0.717, 1.165) is 11.3 Å². The number of anilines is 1. The number of carbonyl (C=O) groups is 2. The number of amides is 1. The normalized spacial score (nSPS) is 23.7. The zero-order valence-electron chi connectivity index (χ0n) is 15.6. The molecule has 2 heterocycles. The van der Waals surface area contributed by atoms with Gasteiger partial charge in [-0.25, -0.2) is 0 Å². The molecule has 0 aliphatic carbocycles. The molecule has 0 radical (unpaired) electrons. The maximum absolute atomic E-state index is 13.4. The molecule has 2 aromatic rings. The smallest absolute Gasteiger partial charge is 0.328 e. The second-order valence-electron chi connectivity index (χ2n) is 6.88. The van der Waals surface area contributed by atoms with Gasteiger partial charge in [0, 0.05) is 37.0 Å². The van der Waals surface area contributed by atoms with Crippen molar-refractivity contribution in [1.82, 2.24) is 4.90 Å². The first-order chi connectivity index (χ1) is 13.1. The third-order valence-corrected chi connectivity index (χ3v) is 5.68. The molecule has 0 spiro atoms. The number of hydrogen-bond acceptors (Lipinski definition) is 5. The number of β-lactam (4-membered cyclic amide) rings is 1. The Morgan fingerprint density at radius 1 is 1.07 bits per heavy atom. The molecule has 0 N–H and O–H groups in total. The van der Waals surface area contributed by atoms with Crippen LogP contribution in [0.4, 0.5) is 5.69 Å². The molecule has 2 aliphatic rings. The average Bonchev–Trinajstić information content (AvgIpc) is 2.84. The van der Waals surface area contributed by atoms with Crippen LogP contribution in [0.25, 0.3) is 0 Å². The molecule has 0 aromatic heterocycles. The summed E-state index contributed by atoms with van der Waals surface area (Å²) in [4.78, 5) is 30.4. The van der Waals surface area contributed by atoms with E-state index in [-0.39, 0.29) is 5.91 Å². The Morgan fingerprint density at radius 3 is 2.52 bits per heavy atom. The number of hydrogen-bond donors (Lipinski definition) is 0. The molecule has 4 rings (SSSR count). The quantitative estimate of drug-likeness (QED) is 0.473. The molecule has 0 bridgehead atoms. The fraction of sp³-hybridized carbons (Fsp3) is 0.333. The fourth-order valence-electron chi connectivity index (χ4n) is 4.41. The van der Waals surface area contributed by atoms with Gasteiger partial charge in [0.2, 0.25) is 5.91 Å². The number of likely N-dealkylation sites (N-methyl/N-ethyl adjacent to an activating group) is 1. The van der Waals surface area contributed by atoms with Crippen molar-refractivity contribution in [2.24, 2.45) is 0 Å². The summed E-state index contributed by atoms with van der Waals surface area (Å²) >= 11 is 0. The molecule has 2 atom stereocenters. The van der Waals surface area contributed by atoms with E-state index in [2.05, 4.69) is 4.90 Å². The van der Waals surface area contributed by atoms with Crippen molar-refractivity contribution in [2.45, 2.75) is 11.5 Å². The van der Waals surface area contributed by atoms with Crippen LogP contribution in [0.1, 0.15) is 17.2 Å². The van der Waals surface area contributed by atoms with E-state index in [4.69, 9.17) is 9.47 Å². The van der Waals surface area contributed by atoms with E-state index in [0.29, 0.717) is 24.4 Å². The lowest BCUT2D eigenvalue weighted by Gasteiger charge is -2.53. The minimum atomic E-state index is -1.44. The summed E-state index contributed by atoms with van der Waals surface area (Å²) < 4.78 is 10.7. The van der Waals surface area contributed by atoms with Crippen molar-refractivity contribution in [2.75, 3.05) is 39.3 Å². The highest BCUT2D eigenvalue weighted by Gasteiger charge is 2.69. The van der Waals surface area contributed by atoms with Gasteiger partial charge in [-0.15, -0.1) is 0 Å². The molecule has 0 saturated carbocycles. The molecule has 1 amide bonds. The second-order valence-corrected chi connectivity index (χ2v) is 6.88. The molecule has 6 heteroatoms. The first-order valence-corrected chi connectivity index (χ1v) is 8.90.